The van der Waals surface area contributed by atoms with Gasteiger partial charge in [-0.15, -0.1) is 0 Å². The van der Waals surface area contributed by atoms with E-state index in [9.17, 15) is 31.2 Å². The Morgan fingerprint density at radius 2 is 1.76 bits per heavy atom. The summed E-state index contributed by atoms with van der Waals surface area (Å²) in [5.41, 5.74) is -0.938. The minimum atomic E-state index is -4.68. The van der Waals surface area contributed by atoms with Gasteiger partial charge in [0.2, 0.25) is 10.0 Å². The summed E-state index contributed by atoms with van der Waals surface area (Å²) in [5.74, 6) is -1.44. The van der Waals surface area contributed by atoms with Crippen molar-refractivity contribution in [3.8, 4) is 0 Å². The average Bonchev–Trinajstić information content (AvgIpc) is 2.66. The molecular formula is C17H14F3N3O5S. The summed E-state index contributed by atoms with van der Waals surface area (Å²) in [4.78, 5) is 23.4. The smallest absolute Gasteiger partial charge is 0.416 e. The number of hydrogen-bond donors (Lipinski definition) is 3. The zero-order valence-electron chi connectivity index (χ0n) is 14.7. The molecule has 0 aliphatic carbocycles. The second-order valence-electron chi connectivity index (χ2n) is 5.97. The number of esters is 1. The summed E-state index contributed by atoms with van der Waals surface area (Å²) >= 11 is 0. The first-order chi connectivity index (χ1) is 13.5. The lowest BCUT2D eigenvalue weighted by molar-refractivity contribution is -0.137. The second-order valence-corrected chi connectivity index (χ2v) is 7.65. The fourth-order valence-corrected chi connectivity index (χ4v) is 3.86. The standard InChI is InChI=1S/C17H14F3N3O5S/c1-28-16(25)9-2-5-11(6-3-9)21-15(24)14-22-12-8-10(17(18,19)20)4-7-13(12)29(26,27)23-14/h2-8,14,22-23H,1H3,(H,21,24)/t14-/m0/s1. The first-order valence-electron chi connectivity index (χ1n) is 8.00. The van der Waals surface area contributed by atoms with Crippen LogP contribution in [0.4, 0.5) is 24.5 Å². The molecule has 0 radical (unpaired) electrons. The number of sulfonamides is 1. The zero-order valence-corrected chi connectivity index (χ0v) is 15.5. The first kappa shape index (κ1) is 20.6. The molecule has 0 saturated heterocycles. The molecule has 2 aromatic carbocycles. The Morgan fingerprint density at radius 3 is 2.34 bits per heavy atom. The zero-order chi connectivity index (χ0) is 21.4. The van der Waals surface area contributed by atoms with E-state index in [4.69, 9.17) is 0 Å². The van der Waals surface area contributed by atoms with Crippen molar-refractivity contribution in [1.82, 2.24) is 4.72 Å². The SMILES string of the molecule is COC(=O)c1ccc(NC(=O)[C@H]2Nc3cc(C(F)(F)F)ccc3S(=O)(=O)N2)cc1. The van der Waals surface area contributed by atoms with Crippen LogP contribution in [0.25, 0.3) is 0 Å². The van der Waals surface area contributed by atoms with Crippen LogP contribution in [0.1, 0.15) is 15.9 Å². The number of amides is 1. The van der Waals surface area contributed by atoms with E-state index in [1.807, 2.05) is 0 Å². The summed E-state index contributed by atoms with van der Waals surface area (Å²) in [7, 11) is -3.00. The van der Waals surface area contributed by atoms with Crippen LogP contribution < -0.4 is 15.4 Å². The second kappa shape index (κ2) is 7.37. The number of alkyl halides is 3. The third kappa shape index (κ3) is 4.32. The van der Waals surface area contributed by atoms with Gasteiger partial charge in [-0.3, -0.25) is 4.79 Å². The molecule has 0 fully saturated rings. The van der Waals surface area contributed by atoms with Crippen molar-refractivity contribution in [2.24, 2.45) is 0 Å². The van der Waals surface area contributed by atoms with Crippen molar-refractivity contribution in [2.75, 3.05) is 17.7 Å². The largest absolute Gasteiger partial charge is 0.465 e. The van der Waals surface area contributed by atoms with E-state index < -0.39 is 44.7 Å². The molecule has 2 aromatic rings. The lowest BCUT2D eigenvalue weighted by Crippen LogP contribution is -2.51. The molecule has 29 heavy (non-hydrogen) atoms. The van der Waals surface area contributed by atoms with Gasteiger partial charge in [0, 0.05) is 5.69 Å². The molecule has 8 nitrogen and oxygen atoms in total. The Labute approximate surface area is 163 Å². The van der Waals surface area contributed by atoms with E-state index in [1.54, 1.807) is 0 Å². The third-order valence-corrected chi connectivity index (χ3v) is 5.49. The van der Waals surface area contributed by atoms with Gasteiger partial charge in [-0.05, 0) is 42.5 Å². The average molecular weight is 429 g/mol. The lowest BCUT2D eigenvalue weighted by atomic mass is 10.2. The Morgan fingerprint density at radius 1 is 1.10 bits per heavy atom. The Kier molecular flexibility index (Phi) is 5.24. The molecule has 1 atom stereocenters. The highest BCUT2D eigenvalue weighted by molar-refractivity contribution is 7.89. The van der Waals surface area contributed by atoms with Gasteiger partial charge >= 0.3 is 12.1 Å². The van der Waals surface area contributed by atoms with E-state index in [1.165, 1.54) is 31.4 Å². The van der Waals surface area contributed by atoms with Crippen LogP contribution >= 0.6 is 0 Å². The highest BCUT2D eigenvalue weighted by atomic mass is 32.2. The predicted octanol–water partition coefficient (Wildman–Crippen LogP) is 2.16. The summed E-state index contributed by atoms with van der Waals surface area (Å²) in [6.07, 6.45) is -6.22. The van der Waals surface area contributed by atoms with Crippen molar-refractivity contribution in [3.05, 3.63) is 53.6 Å². The number of nitrogens with one attached hydrogen (secondary N) is 3. The van der Waals surface area contributed by atoms with Crippen molar-refractivity contribution in [1.29, 1.82) is 0 Å². The number of carbonyl (C=O) groups is 2. The van der Waals surface area contributed by atoms with Crippen LogP contribution in [0.3, 0.4) is 0 Å². The third-order valence-electron chi connectivity index (χ3n) is 4.00. The monoisotopic (exact) mass is 429 g/mol. The maximum Gasteiger partial charge on any atom is 0.416 e. The van der Waals surface area contributed by atoms with Crippen LogP contribution in [0.15, 0.2) is 47.4 Å². The van der Waals surface area contributed by atoms with Gasteiger partial charge in [-0.25, -0.2) is 13.2 Å². The Hall–Kier alpha value is -3.12. The summed E-state index contributed by atoms with van der Waals surface area (Å²) in [6, 6.07) is 7.61. The molecule has 3 N–H and O–H groups in total. The highest BCUT2D eigenvalue weighted by Gasteiger charge is 2.37. The van der Waals surface area contributed by atoms with Crippen LogP contribution in [0.5, 0.6) is 0 Å². The normalized spacial score (nSPS) is 17.6. The molecule has 0 aromatic heterocycles. The molecule has 1 aliphatic rings. The van der Waals surface area contributed by atoms with Crippen LogP contribution in [0, 0.1) is 0 Å². The maximum absolute atomic E-state index is 12.9. The van der Waals surface area contributed by atoms with Crippen LogP contribution in [-0.4, -0.2) is 33.6 Å². The van der Waals surface area contributed by atoms with Gasteiger partial charge in [-0.2, -0.15) is 17.9 Å². The molecule has 1 aliphatic heterocycles. The number of halogens is 3. The number of rotatable bonds is 3. The molecule has 0 bridgehead atoms. The minimum absolute atomic E-state index is 0.232. The number of fused-ring (bicyclic) bond motifs is 1. The number of anilines is 2. The van der Waals surface area contributed by atoms with Crippen molar-refractivity contribution < 1.29 is 35.9 Å². The Bertz CT molecular complexity index is 1070. The molecule has 3 rings (SSSR count). The van der Waals surface area contributed by atoms with Gasteiger partial charge in [0.1, 0.15) is 4.90 Å². The van der Waals surface area contributed by atoms with Gasteiger partial charge in [-0.1, -0.05) is 0 Å². The molecular weight excluding hydrogens is 415 g/mol. The van der Waals surface area contributed by atoms with E-state index in [0.29, 0.717) is 12.1 Å². The van der Waals surface area contributed by atoms with Crippen LogP contribution in [-0.2, 0) is 25.7 Å². The Balaban J connectivity index is 1.82. The van der Waals surface area contributed by atoms with Gasteiger partial charge < -0.3 is 15.4 Å². The molecule has 1 amide bonds. The van der Waals surface area contributed by atoms with Crippen molar-refractivity contribution >= 4 is 33.3 Å². The predicted molar refractivity (Wildman–Crippen MR) is 95.6 cm³/mol. The fraction of sp³-hybridized carbons (Fsp3) is 0.176. The van der Waals surface area contributed by atoms with Crippen molar-refractivity contribution in [3.63, 3.8) is 0 Å². The van der Waals surface area contributed by atoms with Gasteiger partial charge in [0.05, 0.1) is 23.9 Å². The van der Waals surface area contributed by atoms with Gasteiger partial charge in [0.15, 0.2) is 6.17 Å². The number of hydrogen-bond acceptors (Lipinski definition) is 6. The molecule has 0 spiro atoms. The van der Waals surface area contributed by atoms with Crippen LogP contribution in [0.2, 0.25) is 0 Å². The van der Waals surface area contributed by atoms with E-state index in [0.717, 1.165) is 6.07 Å². The number of methoxy groups -OCH3 is 1. The topological polar surface area (TPSA) is 114 Å². The molecule has 1 heterocycles. The highest BCUT2D eigenvalue weighted by Crippen LogP contribution is 2.35. The van der Waals surface area contributed by atoms with E-state index in [-0.39, 0.29) is 16.9 Å². The lowest BCUT2D eigenvalue weighted by Gasteiger charge is -2.27. The molecule has 0 saturated carbocycles. The van der Waals surface area contributed by atoms with Crippen molar-refractivity contribution in [2.45, 2.75) is 17.2 Å². The summed E-state index contributed by atoms with van der Waals surface area (Å²) < 4.78 is 69.9. The fourth-order valence-electron chi connectivity index (χ4n) is 2.60. The molecule has 12 heteroatoms. The van der Waals surface area contributed by atoms with Gasteiger partial charge in [0.25, 0.3) is 5.91 Å². The number of carbonyl (C=O) groups excluding carboxylic acids is 2. The number of benzene rings is 2. The molecule has 154 valence electrons. The summed E-state index contributed by atoms with van der Waals surface area (Å²) in [5, 5.41) is 4.85. The maximum atomic E-state index is 12.9. The first-order valence-corrected chi connectivity index (χ1v) is 9.49. The quantitative estimate of drug-likeness (QED) is 0.645. The number of ether oxygens (including phenoxy) is 1. The summed E-state index contributed by atoms with van der Waals surface area (Å²) in [6.45, 7) is 0. The van der Waals surface area contributed by atoms with E-state index in [2.05, 4.69) is 20.1 Å². The minimum Gasteiger partial charge on any atom is -0.465 e. The molecule has 0 unspecified atom stereocenters. The van der Waals surface area contributed by atoms with E-state index >= 15 is 0 Å².